The van der Waals surface area contributed by atoms with Crippen molar-refractivity contribution in [2.75, 3.05) is 5.73 Å². The SMILES string of the molecule is Cc1cccc(-c2nc(N)ns2)c1C. The molecule has 4 heteroatoms. The Kier molecular flexibility index (Phi) is 2.21. The first-order valence-electron chi connectivity index (χ1n) is 4.34. The summed E-state index contributed by atoms with van der Waals surface area (Å²) >= 11 is 1.34. The Morgan fingerprint density at radius 2 is 2.07 bits per heavy atom. The molecule has 2 N–H and O–H groups in total. The molecule has 0 aliphatic carbocycles. The van der Waals surface area contributed by atoms with Gasteiger partial charge in [0.1, 0.15) is 5.01 Å². The Balaban J connectivity index is 2.57. The minimum absolute atomic E-state index is 0.353. The zero-order chi connectivity index (χ0) is 10.1. The average molecular weight is 205 g/mol. The summed E-state index contributed by atoms with van der Waals surface area (Å²) in [6, 6.07) is 6.15. The normalized spacial score (nSPS) is 10.4. The number of rotatable bonds is 1. The van der Waals surface area contributed by atoms with Gasteiger partial charge in [0, 0.05) is 5.56 Å². The van der Waals surface area contributed by atoms with E-state index < -0.39 is 0 Å². The van der Waals surface area contributed by atoms with Gasteiger partial charge in [0.05, 0.1) is 0 Å². The summed E-state index contributed by atoms with van der Waals surface area (Å²) in [4.78, 5) is 4.17. The lowest BCUT2D eigenvalue weighted by Crippen LogP contribution is -1.88. The van der Waals surface area contributed by atoms with Crippen LogP contribution in [0.5, 0.6) is 0 Å². The van der Waals surface area contributed by atoms with Crippen LogP contribution < -0.4 is 5.73 Å². The van der Waals surface area contributed by atoms with Gasteiger partial charge in [-0.15, -0.1) is 0 Å². The number of aromatic nitrogens is 2. The summed E-state index contributed by atoms with van der Waals surface area (Å²) in [5, 5.41) is 0.892. The molecule has 0 saturated carbocycles. The summed E-state index contributed by atoms with van der Waals surface area (Å²) in [6.45, 7) is 4.17. The standard InChI is InChI=1S/C10H11N3S/c1-6-4-3-5-8(7(6)2)9-12-10(11)13-14-9/h3-5H,1-2H3,(H2,11,13). The minimum atomic E-state index is 0.353. The molecule has 72 valence electrons. The van der Waals surface area contributed by atoms with Gasteiger partial charge in [-0.1, -0.05) is 18.2 Å². The first-order valence-corrected chi connectivity index (χ1v) is 5.11. The van der Waals surface area contributed by atoms with Gasteiger partial charge in [-0.3, -0.25) is 0 Å². The minimum Gasteiger partial charge on any atom is -0.367 e. The van der Waals surface area contributed by atoms with Crippen LogP contribution >= 0.6 is 11.5 Å². The van der Waals surface area contributed by atoms with Crippen molar-refractivity contribution in [3.63, 3.8) is 0 Å². The van der Waals surface area contributed by atoms with Crippen molar-refractivity contribution in [3.8, 4) is 10.6 Å². The fraction of sp³-hybridized carbons (Fsp3) is 0.200. The van der Waals surface area contributed by atoms with E-state index in [1.54, 1.807) is 0 Å². The summed E-state index contributed by atoms with van der Waals surface area (Å²) in [5.74, 6) is 0.353. The van der Waals surface area contributed by atoms with Gasteiger partial charge >= 0.3 is 0 Å². The van der Waals surface area contributed by atoms with Crippen LogP contribution in [-0.2, 0) is 0 Å². The molecule has 0 atom stereocenters. The molecule has 14 heavy (non-hydrogen) atoms. The Hall–Kier alpha value is -1.42. The van der Waals surface area contributed by atoms with Crippen molar-refractivity contribution in [2.24, 2.45) is 0 Å². The Labute approximate surface area is 86.8 Å². The molecule has 2 rings (SSSR count). The van der Waals surface area contributed by atoms with E-state index in [9.17, 15) is 0 Å². The summed E-state index contributed by atoms with van der Waals surface area (Å²) in [5.41, 5.74) is 9.12. The molecule has 2 aromatic rings. The van der Waals surface area contributed by atoms with Crippen LogP contribution in [0.1, 0.15) is 11.1 Å². The number of nitrogens with zero attached hydrogens (tertiary/aromatic N) is 2. The van der Waals surface area contributed by atoms with Gasteiger partial charge < -0.3 is 5.73 Å². The van der Waals surface area contributed by atoms with Gasteiger partial charge in [-0.2, -0.15) is 9.36 Å². The molecule has 1 heterocycles. The fourth-order valence-electron chi connectivity index (χ4n) is 1.33. The Morgan fingerprint density at radius 3 is 2.71 bits per heavy atom. The molecule has 0 spiro atoms. The highest BCUT2D eigenvalue weighted by atomic mass is 32.1. The maximum absolute atomic E-state index is 5.49. The van der Waals surface area contributed by atoms with Crippen molar-refractivity contribution < 1.29 is 0 Å². The number of benzene rings is 1. The van der Waals surface area contributed by atoms with Crippen LogP contribution in [0, 0.1) is 13.8 Å². The third kappa shape index (κ3) is 1.48. The number of nitrogen functional groups attached to an aromatic ring is 1. The number of aryl methyl sites for hydroxylation is 1. The molecule has 0 bridgehead atoms. The van der Waals surface area contributed by atoms with Crippen LogP contribution in [-0.4, -0.2) is 9.36 Å². The van der Waals surface area contributed by atoms with E-state index in [1.807, 2.05) is 12.1 Å². The second kappa shape index (κ2) is 3.38. The van der Waals surface area contributed by atoms with Crippen molar-refractivity contribution in [2.45, 2.75) is 13.8 Å². The highest BCUT2D eigenvalue weighted by Gasteiger charge is 2.07. The zero-order valence-corrected chi connectivity index (χ0v) is 8.93. The van der Waals surface area contributed by atoms with E-state index >= 15 is 0 Å². The predicted molar refractivity (Wildman–Crippen MR) is 59.2 cm³/mol. The maximum Gasteiger partial charge on any atom is 0.232 e. The highest BCUT2D eigenvalue weighted by Crippen LogP contribution is 2.26. The summed E-state index contributed by atoms with van der Waals surface area (Å²) in [7, 11) is 0. The molecule has 3 nitrogen and oxygen atoms in total. The molecule has 0 aliphatic rings. The van der Waals surface area contributed by atoms with Gasteiger partial charge in [0.15, 0.2) is 0 Å². The lowest BCUT2D eigenvalue weighted by molar-refractivity contribution is 1.30. The second-order valence-electron chi connectivity index (χ2n) is 3.21. The van der Waals surface area contributed by atoms with E-state index in [4.69, 9.17) is 5.73 Å². The van der Waals surface area contributed by atoms with Crippen molar-refractivity contribution in [1.29, 1.82) is 0 Å². The van der Waals surface area contributed by atoms with Crippen molar-refractivity contribution >= 4 is 17.5 Å². The van der Waals surface area contributed by atoms with E-state index in [2.05, 4.69) is 29.3 Å². The van der Waals surface area contributed by atoms with E-state index in [0.29, 0.717) is 5.95 Å². The smallest absolute Gasteiger partial charge is 0.232 e. The molecule has 0 radical (unpaired) electrons. The first-order chi connectivity index (χ1) is 6.68. The van der Waals surface area contributed by atoms with Gasteiger partial charge in [0.2, 0.25) is 5.95 Å². The van der Waals surface area contributed by atoms with Crippen molar-refractivity contribution in [1.82, 2.24) is 9.36 Å². The zero-order valence-electron chi connectivity index (χ0n) is 8.11. The van der Waals surface area contributed by atoms with Crippen LogP contribution in [0.25, 0.3) is 10.6 Å². The van der Waals surface area contributed by atoms with Gasteiger partial charge in [-0.25, -0.2) is 0 Å². The number of anilines is 1. The van der Waals surface area contributed by atoms with E-state index in [0.717, 1.165) is 10.6 Å². The monoisotopic (exact) mass is 205 g/mol. The number of hydrogen-bond acceptors (Lipinski definition) is 4. The van der Waals surface area contributed by atoms with Crippen LogP contribution in [0.2, 0.25) is 0 Å². The lowest BCUT2D eigenvalue weighted by atomic mass is 10.0. The molecule has 0 amide bonds. The second-order valence-corrected chi connectivity index (χ2v) is 3.96. The third-order valence-electron chi connectivity index (χ3n) is 2.28. The quantitative estimate of drug-likeness (QED) is 0.777. The topological polar surface area (TPSA) is 51.8 Å². The van der Waals surface area contributed by atoms with Crippen molar-refractivity contribution in [3.05, 3.63) is 29.3 Å². The number of nitrogens with two attached hydrogens (primary N) is 1. The fourth-order valence-corrected chi connectivity index (χ4v) is 2.00. The molecular formula is C10H11N3S. The van der Waals surface area contributed by atoms with Crippen LogP contribution in [0.15, 0.2) is 18.2 Å². The average Bonchev–Trinajstić information content (AvgIpc) is 2.57. The maximum atomic E-state index is 5.49. The first kappa shape index (κ1) is 9.15. The third-order valence-corrected chi connectivity index (χ3v) is 3.04. The summed E-state index contributed by atoms with van der Waals surface area (Å²) in [6.07, 6.45) is 0. The Bertz CT molecular complexity index is 462. The molecule has 0 saturated heterocycles. The lowest BCUT2D eigenvalue weighted by Gasteiger charge is -2.03. The summed E-state index contributed by atoms with van der Waals surface area (Å²) < 4.78 is 3.97. The molecule has 0 aliphatic heterocycles. The molecule has 0 unspecified atom stereocenters. The molecular weight excluding hydrogens is 194 g/mol. The van der Waals surface area contributed by atoms with Crippen LogP contribution in [0.3, 0.4) is 0 Å². The predicted octanol–water partition coefficient (Wildman–Crippen LogP) is 2.40. The van der Waals surface area contributed by atoms with E-state index in [1.165, 1.54) is 22.7 Å². The van der Waals surface area contributed by atoms with E-state index in [-0.39, 0.29) is 0 Å². The van der Waals surface area contributed by atoms with Gasteiger partial charge in [-0.05, 0) is 36.5 Å². The van der Waals surface area contributed by atoms with Gasteiger partial charge in [0.25, 0.3) is 0 Å². The largest absolute Gasteiger partial charge is 0.367 e. The molecule has 1 aromatic heterocycles. The van der Waals surface area contributed by atoms with Crippen LogP contribution in [0.4, 0.5) is 5.95 Å². The number of hydrogen-bond donors (Lipinski definition) is 1. The Morgan fingerprint density at radius 1 is 1.29 bits per heavy atom. The molecule has 0 fully saturated rings. The molecule has 1 aromatic carbocycles. The highest BCUT2D eigenvalue weighted by molar-refractivity contribution is 7.09.